The van der Waals surface area contributed by atoms with Crippen molar-refractivity contribution in [3.8, 4) is 22.8 Å². The maximum absolute atomic E-state index is 13.6. The molecule has 3 aromatic rings. The molecular formula is C28H38N4O4S. The van der Waals surface area contributed by atoms with Crippen LogP contribution in [0, 0.1) is 5.92 Å². The van der Waals surface area contributed by atoms with E-state index < -0.39 is 0 Å². The molecule has 2 fully saturated rings. The molecule has 0 bridgehead atoms. The Balaban J connectivity index is 1.32. The molecule has 1 aliphatic carbocycles. The molecule has 9 heteroatoms. The summed E-state index contributed by atoms with van der Waals surface area (Å²) >= 11 is 1.63. The minimum Gasteiger partial charge on any atom is -0.497 e. The number of benzene rings is 1. The molecule has 8 nitrogen and oxygen atoms in total. The average Bonchev–Trinajstić information content (AvgIpc) is 3.55. The number of thiazole rings is 1. The van der Waals surface area contributed by atoms with Crippen molar-refractivity contribution in [2.45, 2.75) is 38.5 Å². The fourth-order valence-electron chi connectivity index (χ4n) is 5.43. The third kappa shape index (κ3) is 6.10. The largest absolute Gasteiger partial charge is 0.497 e. The summed E-state index contributed by atoms with van der Waals surface area (Å²) in [6.07, 6.45) is 8.53. The van der Waals surface area contributed by atoms with Gasteiger partial charge in [-0.1, -0.05) is 19.3 Å². The molecule has 2 aromatic heterocycles. The molecular weight excluding hydrogens is 488 g/mol. The van der Waals surface area contributed by atoms with E-state index in [2.05, 4.69) is 25.8 Å². The highest BCUT2D eigenvalue weighted by atomic mass is 32.1. The summed E-state index contributed by atoms with van der Waals surface area (Å²) in [6, 6.07) is 5.76. The molecule has 0 unspecified atom stereocenters. The van der Waals surface area contributed by atoms with Crippen LogP contribution >= 0.6 is 11.3 Å². The number of fused-ring (bicyclic) bond motifs is 1. The molecule has 1 aromatic carbocycles. The van der Waals surface area contributed by atoms with E-state index in [1.165, 1.54) is 25.0 Å². The highest BCUT2D eigenvalue weighted by molar-refractivity contribution is 7.15. The Labute approximate surface area is 223 Å². The smallest absolute Gasteiger partial charge is 0.225 e. The fourth-order valence-corrected chi connectivity index (χ4v) is 6.34. The number of imidazole rings is 1. The number of aromatic nitrogens is 2. The highest BCUT2D eigenvalue weighted by Gasteiger charge is 2.27. The molecule has 2 aliphatic rings. The van der Waals surface area contributed by atoms with Crippen LogP contribution in [0.5, 0.6) is 11.5 Å². The topological polar surface area (TPSA) is 68.5 Å². The first-order valence-corrected chi connectivity index (χ1v) is 14.3. The number of amides is 1. The van der Waals surface area contributed by atoms with Gasteiger partial charge in [0.25, 0.3) is 0 Å². The van der Waals surface area contributed by atoms with Gasteiger partial charge in [0, 0.05) is 67.9 Å². The standard InChI is InChI=1S/C28H38N4O4S/c1-34-23-8-9-26(35-2)24(18-23)25-19-32-22(20-37-28(32)29-25)10-11-31(13-12-30-14-16-36-17-15-30)27(33)21-6-4-3-5-7-21/h8-9,18-21H,3-7,10-17H2,1-2H3. The van der Waals surface area contributed by atoms with Gasteiger partial charge in [-0.15, -0.1) is 11.3 Å². The Morgan fingerprint density at radius 2 is 1.95 bits per heavy atom. The summed E-state index contributed by atoms with van der Waals surface area (Å²) < 4.78 is 18.7. The van der Waals surface area contributed by atoms with Gasteiger partial charge in [-0.05, 0) is 31.0 Å². The van der Waals surface area contributed by atoms with Crippen molar-refractivity contribution in [2.75, 3.05) is 60.2 Å². The molecule has 0 spiro atoms. The first-order valence-electron chi connectivity index (χ1n) is 13.4. The molecule has 200 valence electrons. The SMILES string of the molecule is COc1ccc(OC)c(-c2cn3c(CCN(CCN4CCOCC4)C(=O)C4CCCCC4)csc3n2)c1. The molecule has 3 heterocycles. The van der Waals surface area contributed by atoms with Crippen LogP contribution in [0.2, 0.25) is 0 Å². The number of carbonyl (C=O) groups is 1. The summed E-state index contributed by atoms with van der Waals surface area (Å²) in [5, 5.41) is 2.17. The molecule has 0 N–H and O–H groups in total. The Hall–Kier alpha value is -2.62. The Morgan fingerprint density at radius 1 is 1.14 bits per heavy atom. The molecule has 1 amide bonds. The molecule has 5 rings (SSSR count). The molecule has 37 heavy (non-hydrogen) atoms. The predicted octanol–water partition coefficient (Wildman–Crippen LogP) is 4.36. The van der Waals surface area contributed by atoms with Gasteiger partial charge in [0.2, 0.25) is 5.91 Å². The lowest BCUT2D eigenvalue weighted by Gasteiger charge is -2.33. The van der Waals surface area contributed by atoms with E-state index in [0.29, 0.717) is 5.91 Å². The van der Waals surface area contributed by atoms with Gasteiger partial charge in [-0.25, -0.2) is 4.98 Å². The lowest BCUT2D eigenvalue weighted by atomic mass is 9.88. The zero-order valence-corrected chi connectivity index (χ0v) is 22.8. The maximum Gasteiger partial charge on any atom is 0.225 e. The predicted molar refractivity (Wildman–Crippen MR) is 146 cm³/mol. The van der Waals surface area contributed by atoms with Gasteiger partial charge in [0.1, 0.15) is 11.5 Å². The van der Waals surface area contributed by atoms with Crippen LogP contribution in [-0.2, 0) is 16.0 Å². The second-order valence-corrected chi connectivity index (χ2v) is 10.8. The lowest BCUT2D eigenvalue weighted by molar-refractivity contribution is -0.136. The van der Waals surface area contributed by atoms with E-state index >= 15 is 0 Å². The van der Waals surface area contributed by atoms with Gasteiger partial charge in [-0.3, -0.25) is 14.1 Å². The normalized spacial score (nSPS) is 17.2. The number of ether oxygens (including phenoxy) is 3. The summed E-state index contributed by atoms with van der Waals surface area (Å²) in [5.41, 5.74) is 2.93. The van der Waals surface area contributed by atoms with Crippen LogP contribution < -0.4 is 9.47 Å². The zero-order chi connectivity index (χ0) is 25.6. The summed E-state index contributed by atoms with van der Waals surface area (Å²) in [4.78, 5) is 23.9. The van der Waals surface area contributed by atoms with Crippen LogP contribution in [0.3, 0.4) is 0 Å². The third-order valence-electron chi connectivity index (χ3n) is 7.66. The van der Waals surface area contributed by atoms with Crippen molar-refractivity contribution in [3.05, 3.63) is 35.5 Å². The van der Waals surface area contributed by atoms with E-state index in [1.54, 1.807) is 25.6 Å². The molecule has 1 saturated heterocycles. The second-order valence-electron chi connectivity index (χ2n) is 9.94. The Kier molecular flexibility index (Phi) is 8.63. The third-order valence-corrected chi connectivity index (χ3v) is 8.55. The van der Waals surface area contributed by atoms with Crippen LogP contribution in [0.15, 0.2) is 29.8 Å². The number of morpholine rings is 1. The van der Waals surface area contributed by atoms with Gasteiger partial charge < -0.3 is 19.1 Å². The van der Waals surface area contributed by atoms with Crippen LogP contribution in [0.25, 0.3) is 16.2 Å². The van der Waals surface area contributed by atoms with Crippen LogP contribution in [-0.4, -0.2) is 85.2 Å². The van der Waals surface area contributed by atoms with Crippen molar-refractivity contribution in [1.82, 2.24) is 19.2 Å². The van der Waals surface area contributed by atoms with Gasteiger partial charge in [0.15, 0.2) is 4.96 Å². The first kappa shape index (κ1) is 26.0. The van der Waals surface area contributed by atoms with Crippen molar-refractivity contribution in [3.63, 3.8) is 0 Å². The van der Waals surface area contributed by atoms with Gasteiger partial charge >= 0.3 is 0 Å². The maximum atomic E-state index is 13.6. The average molecular weight is 527 g/mol. The molecule has 0 atom stereocenters. The van der Waals surface area contributed by atoms with E-state index in [1.807, 2.05) is 18.2 Å². The van der Waals surface area contributed by atoms with Crippen molar-refractivity contribution in [1.29, 1.82) is 0 Å². The second kappa shape index (κ2) is 12.3. The van der Waals surface area contributed by atoms with Gasteiger partial charge in [-0.2, -0.15) is 0 Å². The minimum atomic E-state index is 0.182. The number of hydrogen-bond donors (Lipinski definition) is 0. The quantitative estimate of drug-likeness (QED) is 0.391. The number of hydrogen-bond acceptors (Lipinski definition) is 7. The number of carbonyl (C=O) groups excluding carboxylic acids is 1. The number of methoxy groups -OCH3 is 2. The monoisotopic (exact) mass is 526 g/mol. The highest BCUT2D eigenvalue weighted by Crippen LogP contribution is 2.34. The number of nitrogens with zero attached hydrogens (tertiary/aromatic N) is 4. The summed E-state index contributed by atoms with van der Waals surface area (Å²) in [6.45, 7) is 5.87. The Morgan fingerprint density at radius 3 is 2.70 bits per heavy atom. The fraction of sp³-hybridized carbons (Fsp3) is 0.571. The van der Waals surface area contributed by atoms with Crippen LogP contribution in [0.1, 0.15) is 37.8 Å². The lowest BCUT2D eigenvalue weighted by Crippen LogP contribution is -2.45. The van der Waals surface area contributed by atoms with Crippen molar-refractivity contribution in [2.24, 2.45) is 5.92 Å². The minimum absolute atomic E-state index is 0.182. The van der Waals surface area contributed by atoms with E-state index in [4.69, 9.17) is 19.2 Å². The first-order chi connectivity index (χ1) is 18.2. The summed E-state index contributed by atoms with van der Waals surface area (Å²) in [5.74, 6) is 2.05. The zero-order valence-electron chi connectivity index (χ0n) is 22.0. The summed E-state index contributed by atoms with van der Waals surface area (Å²) in [7, 11) is 3.33. The van der Waals surface area contributed by atoms with E-state index in [-0.39, 0.29) is 5.92 Å². The van der Waals surface area contributed by atoms with E-state index in [0.717, 1.165) is 92.9 Å². The molecule has 1 aliphatic heterocycles. The van der Waals surface area contributed by atoms with Crippen molar-refractivity contribution < 1.29 is 19.0 Å². The van der Waals surface area contributed by atoms with Gasteiger partial charge in [0.05, 0.1) is 33.1 Å². The molecule has 1 saturated carbocycles. The van der Waals surface area contributed by atoms with Crippen molar-refractivity contribution >= 4 is 22.2 Å². The molecule has 0 radical (unpaired) electrons. The Bertz CT molecular complexity index is 1180. The van der Waals surface area contributed by atoms with E-state index in [9.17, 15) is 4.79 Å². The van der Waals surface area contributed by atoms with Crippen LogP contribution in [0.4, 0.5) is 0 Å². The number of rotatable bonds is 10.